The van der Waals surface area contributed by atoms with Gasteiger partial charge >= 0.3 is 0 Å². The van der Waals surface area contributed by atoms with E-state index in [1.54, 1.807) is 0 Å². The average Bonchev–Trinajstić information content (AvgIpc) is 3.18. The molecule has 2 aromatic rings. The summed E-state index contributed by atoms with van der Waals surface area (Å²) in [4.78, 5) is 16.4. The Hall–Kier alpha value is -1.96. The third-order valence-electron chi connectivity index (χ3n) is 9.14. The number of amides is 1. The van der Waals surface area contributed by atoms with Crippen LogP contribution in [0.5, 0.6) is 0 Å². The number of nitrogens with one attached hydrogen (secondary N) is 1. The number of fused-ring (bicyclic) bond motifs is 3. The number of benzene rings is 1. The Labute approximate surface area is 201 Å². The van der Waals surface area contributed by atoms with Crippen molar-refractivity contribution < 1.29 is 19.7 Å². The summed E-state index contributed by atoms with van der Waals surface area (Å²) in [7, 11) is 0. The first-order chi connectivity index (χ1) is 16.2. The molecule has 0 radical (unpaired) electrons. The molecule has 34 heavy (non-hydrogen) atoms. The lowest BCUT2D eigenvalue weighted by Crippen LogP contribution is -2.66. The lowest BCUT2D eigenvalue weighted by atomic mass is 9.43. The van der Waals surface area contributed by atoms with Crippen LogP contribution < -0.4 is 5.32 Å². The standard InChI is InChI=1S/C27H39N3O4/c1-26(2)18-12-22(26)27(3,33)23(13-18)34-16-24-29-20-11-17(14-28-25(32)15-31)9-10-21(20)30(24)19-7-5-4-6-8-19/h9-11,18-19,22-23,31,33H,4-8,12-16H2,1-3H3,(H,28,32)/t18-,22-,23+,27-/m1/s1. The largest absolute Gasteiger partial charge is 0.387 e. The number of aliphatic hydroxyl groups excluding tert-OH is 1. The van der Waals surface area contributed by atoms with E-state index in [0.29, 0.717) is 25.1 Å². The monoisotopic (exact) mass is 469 g/mol. The number of aliphatic hydroxyl groups is 2. The van der Waals surface area contributed by atoms with Crippen molar-refractivity contribution in [1.29, 1.82) is 0 Å². The Bertz CT molecular complexity index is 1050. The predicted octanol–water partition coefficient (Wildman–Crippen LogP) is 3.85. The fourth-order valence-electron chi connectivity index (χ4n) is 6.95. The Morgan fingerprint density at radius 2 is 1.97 bits per heavy atom. The summed E-state index contributed by atoms with van der Waals surface area (Å²) in [5.74, 6) is 1.42. The Morgan fingerprint density at radius 3 is 2.65 bits per heavy atom. The highest BCUT2D eigenvalue weighted by Crippen LogP contribution is 2.63. The summed E-state index contributed by atoms with van der Waals surface area (Å²) in [6, 6.07) is 6.55. The summed E-state index contributed by atoms with van der Waals surface area (Å²) >= 11 is 0. The van der Waals surface area contributed by atoms with E-state index in [1.807, 2.05) is 19.1 Å². The van der Waals surface area contributed by atoms with E-state index in [9.17, 15) is 9.90 Å². The molecule has 0 spiro atoms. The quantitative estimate of drug-likeness (QED) is 0.572. The van der Waals surface area contributed by atoms with Crippen molar-refractivity contribution in [2.45, 2.75) is 96.6 Å². The average molecular weight is 470 g/mol. The third-order valence-corrected chi connectivity index (χ3v) is 9.14. The maximum Gasteiger partial charge on any atom is 0.245 e. The molecule has 2 bridgehead atoms. The molecule has 1 aromatic heterocycles. The van der Waals surface area contributed by atoms with Crippen LogP contribution in [0.25, 0.3) is 11.0 Å². The molecule has 7 heteroatoms. The highest BCUT2D eigenvalue weighted by Gasteiger charge is 2.63. The number of carbonyl (C=O) groups is 1. The van der Waals surface area contributed by atoms with Crippen LogP contribution in [0.15, 0.2) is 18.2 Å². The summed E-state index contributed by atoms with van der Waals surface area (Å²) in [5.41, 5.74) is 2.31. The first-order valence-corrected chi connectivity index (χ1v) is 12.9. The van der Waals surface area contributed by atoms with E-state index in [0.717, 1.165) is 48.1 Å². The van der Waals surface area contributed by atoms with Crippen LogP contribution in [-0.4, -0.2) is 44.0 Å². The van der Waals surface area contributed by atoms with Crippen molar-refractivity contribution in [2.75, 3.05) is 6.61 Å². The van der Waals surface area contributed by atoms with Crippen molar-refractivity contribution in [1.82, 2.24) is 14.9 Å². The lowest BCUT2D eigenvalue weighted by molar-refractivity contribution is -0.260. The molecule has 186 valence electrons. The van der Waals surface area contributed by atoms with E-state index >= 15 is 0 Å². The summed E-state index contributed by atoms with van der Waals surface area (Å²) < 4.78 is 8.81. The van der Waals surface area contributed by atoms with Crippen molar-refractivity contribution >= 4 is 16.9 Å². The van der Waals surface area contributed by atoms with E-state index in [-0.39, 0.29) is 23.3 Å². The van der Waals surface area contributed by atoms with Gasteiger partial charge in [-0.2, -0.15) is 0 Å². The molecule has 6 rings (SSSR count). The summed E-state index contributed by atoms with van der Waals surface area (Å²) in [5, 5.41) is 23.0. The highest BCUT2D eigenvalue weighted by atomic mass is 16.5. The number of rotatable bonds is 7. The summed E-state index contributed by atoms with van der Waals surface area (Å²) in [6.45, 7) is 6.75. The number of imidazole rings is 1. The van der Waals surface area contributed by atoms with Crippen molar-refractivity contribution in [3.63, 3.8) is 0 Å². The predicted molar refractivity (Wildman–Crippen MR) is 130 cm³/mol. The number of nitrogens with zero attached hydrogens (tertiary/aromatic N) is 2. The first-order valence-electron chi connectivity index (χ1n) is 12.9. The van der Waals surface area contributed by atoms with E-state index < -0.39 is 12.2 Å². The Morgan fingerprint density at radius 1 is 1.21 bits per heavy atom. The minimum absolute atomic E-state index is 0.173. The van der Waals surface area contributed by atoms with Gasteiger partial charge in [-0.3, -0.25) is 4.79 Å². The molecule has 3 N–H and O–H groups in total. The molecule has 1 amide bonds. The van der Waals surface area contributed by atoms with Gasteiger partial charge in [0.15, 0.2) is 0 Å². The van der Waals surface area contributed by atoms with Gasteiger partial charge in [0.2, 0.25) is 5.91 Å². The molecule has 0 unspecified atom stereocenters. The first kappa shape index (κ1) is 23.8. The number of aromatic nitrogens is 2. The minimum atomic E-state index is -0.821. The van der Waals surface area contributed by atoms with E-state index in [4.69, 9.17) is 14.8 Å². The topological polar surface area (TPSA) is 96.6 Å². The molecular weight excluding hydrogens is 430 g/mol. The van der Waals surface area contributed by atoms with Gasteiger partial charge in [-0.25, -0.2) is 4.98 Å². The molecule has 4 aliphatic carbocycles. The highest BCUT2D eigenvalue weighted by molar-refractivity contribution is 5.78. The van der Waals surface area contributed by atoms with Crippen molar-refractivity contribution in [3.05, 3.63) is 29.6 Å². The van der Waals surface area contributed by atoms with Gasteiger partial charge in [0.25, 0.3) is 0 Å². The molecule has 1 aromatic carbocycles. The second-order valence-electron chi connectivity index (χ2n) is 11.5. The Kier molecular flexibility index (Phi) is 6.23. The number of carbonyl (C=O) groups excluding carboxylic acids is 1. The minimum Gasteiger partial charge on any atom is -0.387 e. The number of hydrogen-bond acceptors (Lipinski definition) is 5. The molecule has 4 aliphatic rings. The van der Waals surface area contributed by atoms with Gasteiger partial charge < -0.3 is 24.8 Å². The van der Waals surface area contributed by atoms with Crippen LogP contribution in [0, 0.1) is 17.3 Å². The van der Waals surface area contributed by atoms with Crippen LogP contribution in [0.2, 0.25) is 0 Å². The summed E-state index contributed by atoms with van der Waals surface area (Å²) in [6.07, 6.45) is 7.85. The van der Waals surface area contributed by atoms with Crippen LogP contribution in [0.3, 0.4) is 0 Å². The fourth-order valence-corrected chi connectivity index (χ4v) is 6.95. The number of ether oxygens (including phenoxy) is 1. The second kappa shape index (κ2) is 8.92. The molecule has 4 saturated carbocycles. The van der Waals surface area contributed by atoms with Gasteiger partial charge in [0, 0.05) is 12.6 Å². The molecule has 4 atom stereocenters. The van der Waals surface area contributed by atoms with Crippen LogP contribution in [0.1, 0.15) is 83.1 Å². The zero-order valence-electron chi connectivity index (χ0n) is 20.7. The second-order valence-corrected chi connectivity index (χ2v) is 11.5. The zero-order chi connectivity index (χ0) is 24.1. The Balaban J connectivity index is 1.39. The normalized spacial score (nSPS) is 30.8. The molecule has 7 nitrogen and oxygen atoms in total. The maximum atomic E-state index is 11.4. The van der Waals surface area contributed by atoms with Gasteiger partial charge in [-0.1, -0.05) is 39.2 Å². The van der Waals surface area contributed by atoms with E-state index in [2.05, 4.69) is 29.8 Å². The third kappa shape index (κ3) is 4.06. The van der Waals surface area contributed by atoms with Gasteiger partial charge in [0.05, 0.1) is 22.7 Å². The van der Waals surface area contributed by atoms with E-state index in [1.165, 1.54) is 19.3 Å². The SMILES string of the molecule is CC1(C)[C@H]2C[C@H](OCc3nc4cc(CNC(=O)CO)ccc4n3C3CCCCC3)[C@](C)(O)[C@@H]1C2. The molecule has 0 saturated heterocycles. The molecule has 0 aliphatic heterocycles. The van der Waals surface area contributed by atoms with Crippen LogP contribution in [0.4, 0.5) is 0 Å². The lowest BCUT2D eigenvalue weighted by Gasteiger charge is -2.64. The van der Waals surface area contributed by atoms with Gasteiger partial charge in [-0.05, 0) is 67.6 Å². The smallest absolute Gasteiger partial charge is 0.245 e. The van der Waals surface area contributed by atoms with Gasteiger partial charge in [-0.15, -0.1) is 0 Å². The molecule has 1 heterocycles. The van der Waals surface area contributed by atoms with Crippen LogP contribution >= 0.6 is 0 Å². The molecular formula is C27H39N3O4. The van der Waals surface area contributed by atoms with Crippen molar-refractivity contribution in [2.24, 2.45) is 17.3 Å². The zero-order valence-corrected chi connectivity index (χ0v) is 20.7. The van der Waals surface area contributed by atoms with Crippen LogP contribution in [-0.2, 0) is 22.7 Å². The van der Waals surface area contributed by atoms with Gasteiger partial charge in [0.1, 0.15) is 19.0 Å². The van der Waals surface area contributed by atoms with Crippen molar-refractivity contribution in [3.8, 4) is 0 Å². The maximum absolute atomic E-state index is 11.4. The fraction of sp³-hybridized carbons (Fsp3) is 0.704. The molecule has 4 fully saturated rings. The number of hydrogen-bond donors (Lipinski definition) is 3.